The molecule has 1 N–H and O–H groups in total. The van der Waals surface area contributed by atoms with Crippen molar-refractivity contribution in [2.45, 2.75) is 32.1 Å². The second kappa shape index (κ2) is 9.97. The number of nitrogens with zero attached hydrogens (tertiary/aromatic N) is 1. The molecule has 0 saturated heterocycles. The van der Waals surface area contributed by atoms with Crippen LogP contribution in [-0.4, -0.2) is 23.5 Å². The van der Waals surface area contributed by atoms with E-state index < -0.39 is 41.2 Å². The number of benzene rings is 2. The smallest absolute Gasteiger partial charge is 0.417 e. The highest BCUT2D eigenvalue weighted by molar-refractivity contribution is 6.31. The normalized spacial score (nSPS) is 12.0. The highest BCUT2D eigenvalue weighted by atomic mass is 35.5. The van der Waals surface area contributed by atoms with Crippen LogP contribution in [-0.2, 0) is 12.1 Å². The Bertz CT molecular complexity index is 1160. The molecule has 0 saturated carbocycles. The van der Waals surface area contributed by atoms with Crippen molar-refractivity contribution >= 4 is 17.5 Å². The topological polar surface area (TPSA) is 51.2 Å². The van der Waals surface area contributed by atoms with Crippen LogP contribution in [0.5, 0.6) is 5.88 Å². The van der Waals surface area contributed by atoms with Crippen LogP contribution in [0.1, 0.15) is 35.3 Å². The molecule has 2 aromatic carbocycles. The summed E-state index contributed by atoms with van der Waals surface area (Å²) in [4.78, 5) is 16.4. The zero-order chi connectivity index (χ0) is 25.1. The Morgan fingerprint density at radius 1 is 1.00 bits per heavy atom. The summed E-state index contributed by atoms with van der Waals surface area (Å²) in [5.41, 5.74) is -1.39. The zero-order valence-electron chi connectivity index (χ0n) is 18.1. The van der Waals surface area contributed by atoms with Crippen LogP contribution in [0.25, 0.3) is 11.1 Å². The van der Waals surface area contributed by atoms with Gasteiger partial charge in [0.05, 0.1) is 28.8 Å². The highest BCUT2D eigenvalue weighted by Crippen LogP contribution is 2.36. The lowest BCUT2D eigenvalue weighted by atomic mass is 10.0. The van der Waals surface area contributed by atoms with Crippen molar-refractivity contribution in [1.29, 1.82) is 0 Å². The van der Waals surface area contributed by atoms with Crippen LogP contribution < -0.4 is 10.1 Å². The fourth-order valence-electron chi connectivity index (χ4n) is 3.16. The number of hydrogen-bond acceptors (Lipinski definition) is 3. The summed E-state index contributed by atoms with van der Waals surface area (Å²) < 4.78 is 74.3. The number of pyridine rings is 1. The van der Waals surface area contributed by atoms with Crippen molar-refractivity contribution in [2.24, 2.45) is 0 Å². The summed E-state index contributed by atoms with van der Waals surface area (Å²) in [5.74, 6) is -4.49. The number of rotatable bonds is 7. The molecule has 4 nitrogen and oxygen atoms in total. The third-order valence-corrected chi connectivity index (χ3v) is 5.05. The van der Waals surface area contributed by atoms with Gasteiger partial charge in [0.2, 0.25) is 5.88 Å². The van der Waals surface area contributed by atoms with Crippen LogP contribution in [0.15, 0.2) is 60.8 Å². The summed E-state index contributed by atoms with van der Waals surface area (Å²) in [6.07, 6.45) is -3.35. The number of carbonyl (C=O) groups excluding carboxylic acids is 1. The van der Waals surface area contributed by atoms with Crippen LogP contribution >= 0.6 is 11.6 Å². The summed E-state index contributed by atoms with van der Waals surface area (Å²) in [6.45, 7) is 2.47. The standard InChI is InChI=1S/C24H20ClF5N2O2/c1-14(2)34-21-10-8-16(12-31-21)15-7-9-19(20(25)11-15)23(26,27)13-32-22(33)17-5-3-4-6-18(17)24(28,29)30/h3-12,14H,13H2,1-2H3,(H,32,33). The number of halogens is 6. The molecule has 3 aromatic rings. The molecule has 0 aliphatic rings. The molecule has 3 rings (SSSR count). The predicted molar refractivity (Wildman–Crippen MR) is 118 cm³/mol. The maximum absolute atomic E-state index is 14.8. The number of amides is 1. The highest BCUT2D eigenvalue weighted by Gasteiger charge is 2.37. The van der Waals surface area contributed by atoms with Gasteiger partial charge in [0.1, 0.15) is 0 Å². The van der Waals surface area contributed by atoms with E-state index in [1.807, 2.05) is 19.2 Å². The van der Waals surface area contributed by atoms with Gasteiger partial charge < -0.3 is 10.1 Å². The van der Waals surface area contributed by atoms with E-state index in [0.717, 1.165) is 18.2 Å². The second-order valence-electron chi connectivity index (χ2n) is 7.68. The van der Waals surface area contributed by atoms with E-state index in [0.29, 0.717) is 23.1 Å². The lowest BCUT2D eigenvalue weighted by molar-refractivity contribution is -0.137. The van der Waals surface area contributed by atoms with Gasteiger partial charge in [-0.05, 0) is 43.7 Å². The van der Waals surface area contributed by atoms with E-state index in [1.54, 1.807) is 12.1 Å². The Morgan fingerprint density at radius 3 is 2.26 bits per heavy atom. The quantitative estimate of drug-likeness (QED) is 0.367. The lowest BCUT2D eigenvalue weighted by Crippen LogP contribution is -2.36. The fraction of sp³-hybridized carbons (Fsp3) is 0.250. The molecule has 10 heteroatoms. The SMILES string of the molecule is CC(C)Oc1ccc(-c2ccc(C(F)(F)CNC(=O)c3ccccc3C(F)(F)F)c(Cl)c2)cn1. The van der Waals surface area contributed by atoms with E-state index in [1.165, 1.54) is 24.4 Å². The van der Waals surface area contributed by atoms with Gasteiger partial charge in [-0.15, -0.1) is 0 Å². The Hall–Kier alpha value is -3.20. The number of ether oxygens (including phenoxy) is 1. The molecule has 1 amide bonds. The first-order valence-electron chi connectivity index (χ1n) is 10.1. The van der Waals surface area contributed by atoms with Gasteiger partial charge in [0.25, 0.3) is 11.8 Å². The molecule has 0 radical (unpaired) electrons. The van der Waals surface area contributed by atoms with Gasteiger partial charge in [-0.2, -0.15) is 22.0 Å². The van der Waals surface area contributed by atoms with Crippen molar-refractivity contribution in [3.05, 3.63) is 82.5 Å². The molecular weight excluding hydrogens is 479 g/mol. The minimum Gasteiger partial charge on any atom is -0.475 e. The molecule has 0 aliphatic heterocycles. The molecule has 1 heterocycles. The first-order valence-corrected chi connectivity index (χ1v) is 10.5. The van der Waals surface area contributed by atoms with E-state index in [-0.39, 0.29) is 11.1 Å². The maximum atomic E-state index is 14.8. The molecule has 0 aliphatic carbocycles. The Labute approximate surface area is 197 Å². The Balaban J connectivity index is 1.75. The molecule has 34 heavy (non-hydrogen) atoms. The third-order valence-electron chi connectivity index (χ3n) is 4.74. The number of carbonyl (C=O) groups is 1. The number of aromatic nitrogens is 1. The Kier molecular flexibility index (Phi) is 7.45. The Morgan fingerprint density at radius 2 is 1.68 bits per heavy atom. The van der Waals surface area contributed by atoms with E-state index >= 15 is 0 Å². The molecule has 0 fully saturated rings. The minimum atomic E-state index is -4.80. The molecule has 1 aromatic heterocycles. The molecule has 0 bridgehead atoms. The van der Waals surface area contributed by atoms with Crippen LogP contribution in [0.4, 0.5) is 22.0 Å². The van der Waals surface area contributed by atoms with Crippen molar-refractivity contribution in [2.75, 3.05) is 6.54 Å². The van der Waals surface area contributed by atoms with Gasteiger partial charge in [-0.3, -0.25) is 4.79 Å². The second-order valence-corrected chi connectivity index (χ2v) is 8.08. The summed E-state index contributed by atoms with van der Waals surface area (Å²) >= 11 is 6.09. The van der Waals surface area contributed by atoms with Gasteiger partial charge in [-0.1, -0.05) is 35.9 Å². The van der Waals surface area contributed by atoms with Crippen molar-refractivity contribution in [3.8, 4) is 17.0 Å². The minimum absolute atomic E-state index is 0.0586. The van der Waals surface area contributed by atoms with Gasteiger partial charge >= 0.3 is 6.18 Å². The van der Waals surface area contributed by atoms with Gasteiger partial charge in [0.15, 0.2) is 0 Å². The summed E-state index contributed by atoms with van der Waals surface area (Å²) in [5, 5.41) is 1.61. The number of alkyl halides is 5. The molecule has 0 unspecified atom stereocenters. The van der Waals surface area contributed by atoms with E-state index in [9.17, 15) is 26.7 Å². The van der Waals surface area contributed by atoms with Crippen LogP contribution in [0, 0.1) is 0 Å². The van der Waals surface area contributed by atoms with Crippen LogP contribution in [0.3, 0.4) is 0 Å². The number of hydrogen-bond donors (Lipinski definition) is 1. The monoisotopic (exact) mass is 498 g/mol. The number of nitrogens with one attached hydrogen (secondary N) is 1. The molecule has 0 atom stereocenters. The summed E-state index contributed by atoms with van der Waals surface area (Å²) in [6, 6.07) is 11.1. The molecule has 180 valence electrons. The predicted octanol–water partition coefficient (Wildman–Crippen LogP) is 6.73. The average molecular weight is 499 g/mol. The third kappa shape index (κ3) is 6.02. The van der Waals surface area contributed by atoms with E-state index in [2.05, 4.69) is 4.98 Å². The molecule has 0 spiro atoms. The van der Waals surface area contributed by atoms with Gasteiger partial charge in [0, 0.05) is 23.4 Å². The average Bonchev–Trinajstić information content (AvgIpc) is 2.77. The maximum Gasteiger partial charge on any atom is 0.417 e. The molecular formula is C24H20ClF5N2O2. The van der Waals surface area contributed by atoms with Crippen LogP contribution in [0.2, 0.25) is 5.02 Å². The summed E-state index contributed by atoms with van der Waals surface area (Å²) in [7, 11) is 0. The van der Waals surface area contributed by atoms with Crippen molar-refractivity contribution in [3.63, 3.8) is 0 Å². The first kappa shape index (κ1) is 25.4. The lowest BCUT2D eigenvalue weighted by Gasteiger charge is -2.20. The van der Waals surface area contributed by atoms with Gasteiger partial charge in [-0.25, -0.2) is 4.98 Å². The zero-order valence-corrected chi connectivity index (χ0v) is 18.8. The van der Waals surface area contributed by atoms with E-state index in [4.69, 9.17) is 16.3 Å². The van der Waals surface area contributed by atoms with Crippen molar-refractivity contribution in [1.82, 2.24) is 10.3 Å². The fourth-order valence-corrected chi connectivity index (χ4v) is 3.48. The largest absolute Gasteiger partial charge is 0.475 e. The van der Waals surface area contributed by atoms with Crippen molar-refractivity contribution < 1.29 is 31.5 Å². The first-order chi connectivity index (χ1) is 15.9.